The molecule has 8 nitrogen and oxygen atoms in total. The molecule has 0 aromatic heterocycles. The van der Waals surface area contributed by atoms with E-state index in [1.165, 1.54) is 0 Å². The molecular weight excluding hydrogens is 350 g/mol. The van der Waals surface area contributed by atoms with E-state index in [-0.39, 0.29) is 18.4 Å². The van der Waals surface area contributed by atoms with Gasteiger partial charge in [-0.05, 0) is 20.8 Å². The first-order valence-corrected chi connectivity index (χ1v) is 8.57. The maximum atomic E-state index is 12.2. The molecule has 9 heteroatoms. The number of ether oxygens (including phenoxy) is 2. The van der Waals surface area contributed by atoms with E-state index in [1.807, 2.05) is 0 Å². The van der Waals surface area contributed by atoms with Crippen LogP contribution in [0.25, 0.3) is 0 Å². The fourth-order valence-corrected chi connectivity index (χ4v) is 2.82. The first-order valence-electron chi connectivity index (χ1n) is 7.76. The number of thioether (sulfide) groups is 1. The number of nitrogens with one attached hydrogen (secondary N) is 1. The number of methoxy groups -OCH3 is 1. The molecule has 0 radical (unpaired) electrons. The van der Waals surface area contributed by atoms with Gasteiger partial charge in [0.15, 0.2) is 5.12 Å². The Labute approximate surface area is 151 Å². The van der Waals surface area contributed by atoms with Gasteiger partial charge in [0.25, 0.3) is 0 Å². The van der Waals surface area contributed by atoms with Crippen molar-refractivity contribution in [1.82, 2.24) is 5.32 Å². The van der Waals surface area contributed by atoms with Gasteiger partial charge in [-0.15, -0.1) is 0 Å². The van der Waals surface area contributed by atoms with Gasteiger partial charge in [0, 0.05) is 10.7 Å². The largest absolute Gasteiger partial charge is 0.464 e. The Balaban J connectivity index is 5.21. The minimum absolute atomic E-state index is 0.113. The molecule has 1 amide bonds. The van der Waals surface area contributed by atoms with Crippen molar-refractivity contribution < 1.29 is 33.4 Å². The summed E-state index contributed by atoms with van der Waals surface area (Å²) < 4.78 is 8.14. The molecule has 0 aromatic carbocycles. The number of rotatable bonds is 9. The molecular formula is C16H25NO7S. The second-order valence-electron chi connectivity index (χ2n) is 6.02. The molecule has 0 saturated carbocycles. The van der Waals surface area contributed by atoms with Crippen LogP contribution in [0, 0.1) is 5.92 Å². The zero-order chi connectivity index (χ0) is 19.8. The number of hydrogen-bond donors (Lipinski definition) is 1. The fraction of sp³-hybridized carbons (Fsp3) is 0.688. The van der Waals surface area contributed by atoms with Crippen LogP contribution in [0.1, 0.15) is 41.0 Å². The van der Waals surface area contributed by atoms with Crippen LogP contribution in [0.15, 0.2) is 0 Å². The summed E-state index contributed by atoms with van der Waals surface area (Å²) in [6.45, 7) is 8.21. The van der Waals surface area contributed by atoms with Gasteiger partial charge in [-0.2, -0.15) is 0 Å². The lowest BCUT2D eigenvalue weighted by Crippen LogP contribution is -2.54. The predicted octanol–water partition coefficient (Wildman–Crippen LogP) is 0.861. The highest BCUT2D eigenvalue weighted by Gasteiger charge is 2.40. The van der Waals surface area contributed by atoms with Gasteiger partial charge in [0.05, 0.1) is 20.1 Å². The molecule has 0 aliphatic carbocycles. The zero-order valence-corrected chi connectivity index (χ0v) is 16.2. The van der Waals surface area contributed by atoms with Crippen LogP contribution in [0.2, 0.25) is 0 Å². The highest BCUT2D eigenvalue weighted by atomic mass is 32.2. The molecule has 0 bridgehead atoms. The van der Waals surface area contributed by atoms with Gasteiger partial charge >= 0.3 is 11.9 Å². The Morgan fingerprint density at radius 1 is 1.12 bits per heavy atom. The predicted molar refractivity (Wildman–Crippen MR) is 91.7 cm³/mol. The van der Waals surface area contributed by atoms with Crippen LogP contribution in [-0.4, -0.2) is 53.2 Å². The number of carbonyl (C=O) groups is 5. The van der Waals surface area contributed by atoms with E-state index in [1.54, 1.807) is 34.6 Å². The zero-order valence-electron chi connectivity index (χ0n) is 15.3. The van der Waals surface area contributed by atoms with Crippen LogP contribution >= 0.6 is 11.8 Å². The molecule has 0 heterocycles. The van der Waals surface area contributed by atoms with Gasteiger partial charge in [-0.3, -0.25) is 14.4 Å². The van der Waals surface area contributed by atoms with Crippen molar-refractivity contribution in [2.75, 3.05) is 13.7 Å². The lowest BCUT2D eigenvalue weighted by Gasteiger charge is -2.32. The summed E-state index contributed by atoms with van der Waals surface area (Å²) in [6, 6.07) is -1.09. The maximum absolute atomic E-state index is 12.2. The molecule has 0 fully saturated rings. The number of Topliss-reactive ketones (excluding diaryl/α,β-unsaturated/α-hetero) is 1. The van der Waals surface area contributed by atoms with Gasteiger partial charge < -0.3 is 14.8 Å². The maximum Gasteiger partial charge on any atom is 0.374 e. The smallest absolute Gasteiger partial charge is 0.374 e. The highest BCUT2D eigenvalue weighted by Crippen LogP contribution is 2.31. The van der Waals surface area contributed by atoms with Crippen molar-refractivity contribution in [1.29, 1.82) is 0 Å². The SMILES string of the molecule is CCOC(=O)C(NC(=O)C(C)C)C(C)(C)SC(=O)CC(=O)C(=O)OC. The van der Waals surface area contributed by atoms with E-state index in [9.17, 15) is 24.0 Å². The van der Waals surface area contributed by atoms with Crippen molar-refractivity contribution in [2.24, 2.45) is 5.92 Å². The van der Waals surface area contributed by atoms with Crippen LogP contribution < -0.4 is 5.32 Å². The van der Waals surface area contributed by atoms with Crippen LogP contribution in [-0.2, 0) is 33.4 Å². The van der Waals surface area contributed by atoms with E-state index in [4.69, 9.17) is 4.74 Å². The average Bonchev–Trinajstić information content (AvgIpc) is 2.50. The number of carbonyl (C=O) groups excluding carboxylic acids is 5. The summed E-state index contributed by atoms with van der Waals surface area (Å²) in [6.07, 6.45) is -0.658. The number of hydrogen-bond acceptors (Lipinski definition) is 8. The summed E-state index contributed by atoms with van der Waals surface area (Å²) in [5.41, 5.74) is 0. The molecule has 1 atom stereocenters. The fourth-order valence-electron chi connectivity index (χ4n) is 1.76. The normalized spacial score (nSPS) is 12.3. The number of esters is 2. The van der Waals surface area contributed by atoms with Crippen molar-refractivity contribution in [3.05, 3.63) is 0 Å². The Hall–Kier alpha value is -1.90. The lowest BCUT2D eigenvalue weighted by atomic mass is 10.0. The van der Waals surface area contributed by atoms with Gasteiger partial charge in [0.2, 0.25) is 11.7 Å². The monoisotopic (exact) mass is 375 g/mol. The molecule has 142 valence electrons. The van der Waals surface area contributed by atoms with Gasteiger partial charge in [-0.1, -0.05) is 25.6 Å². The van der Waals surface area contributed by atoms with Crippen LogP contribution in [0.5, 0.6) is 0 Å². The number of ketones is 1. The summed E-state index contributed by atoms with van der Waals surface area (Å²) in [5.74, 6) is -3.50. The van der Waals surface area contributed by atoms with Crippen LogP contribution in [0.4, 0.5) is 0 Å². The van der Waals surface area contributed by atoms with E-state index in [2.05, 4.69) is 10.1 Å². The van der Waals surface area contributed by atoms with Crippen molar-refractivity contribution in [2.45, 2.75) is 51.8 Å². The summed E-state index contributed by atoms with van der Waals surface area (Å²) in [4.78, 5) is 58.8. The number of amides is 1. The van der Waals surface area contributed by atoms with Crippen LogP contribution in [0.3, 0.4) is 0 Å². The van der Waals surface area contributed by atoms with E-state index < -0.39 is 40.0 Å². The molecule has 0 saturated heterocycles. The van der Waals surface area contributed by atoms with Gasteiger partial charge in [-0.25, -0.2) is 9.59 Å². The first-order chi connectivity index (χ1) is 11.5. The molecule has 1 N–H and O–H groups in total. The molecule has 0 spiro atoms. The average molecular weight is 375 g/mol. The van der Waals surface area contributed by atoms with E-state index >= 15 is 0 Å². The summed E-state index contributed by atoms with van der Waals surface area (Å²) in [7, 11) is 1.04. The minimum atomic E-state index is -1.11. The first kappa shape index (κ1) is 23.1. The quantitative estimate of drug-likeness (QED) is 0.358. The van der Waals surface area contributed by atoms with E-state index in [0.29, 0.717) is 11.8 Å². The molecule has 0 rings (SSSR count). The standard InChI is InChI=1S/C16H25NO7S/c1-7-24-15(22)12(17-13(20)9(2)3)16(4,5)25-11(19)8-10(18)14(21)23-6/h9,12H,7-8H2,1-6H3,(H,17,20). The Bertz CT molecular complexity index is 543. The Morgan fingerprint density at radius 2 is 1.68 bits per heavy atom. The second kappa shape index (κ2) is 10.2. The minimum Gasteiger partial charge on any atom is -0.464 e. The summed E-state index contributed by atoms with van der Waals surface area (Å²) >= 11 is 0.691. The molecule has 25 heavy (non-hydrogen) atoms. The van der Waals surface area contributed by atoms with Crippen molar-refractivity contribution >= 4 is 40.5 Å². The molecule has 0 aromatic rings. The third-order valence-electron chi connectivity index (χ3n) is 3.12. The lowest BCUT2D eigenvalue weighted by molar-refractivity contribution is -0.152. The molecule has 1 unspecified atom stereocenters. The Kier molecular flexibility index (Phi) is 9.40. The second-order valence-corrected chi connectivity index (χ2v) is 7.73. The third-order valence-corrected chi connectivity index (χ3v) is 4.26. The van der Waals surface area contributed by atoms with E-state index in [0.717, 1.165) is 7.11 Å². The van der Waals surface area contributed by atoms with Crippen molar-refractivity contribution in [3.63, 3.8) is 0 Å². The molecule has 0 aliphatic rings. The van der Waals surface area contributed by atoms with Crippen molar-refractivity contribution in [3.8, 4) is 0 Å². The van der Waals surface area contributed by atoms with Gasteiger partial charge in [0.1, 0.15) is 6.04 Å². The molecule has 0 aliphatic heterocycles. The topological polar surface area (TPSA) is 116 Å². The third kappa shape index (κ3) is 7.68. The summed E-state index contributed by atoms with van der Waals surface area (Å²) in [5, 5.41) is 1.95. The Morgan fingerprint density at radius 3 is 2.12 bits per heavy atom. The highest BCUT2D eigenvalue weighted by molar-refractivity contribution is 8.14.